The first-order valence-corrected chi connectivity index (χ1v) is 15.7. The first-order valence-electron chi connectivity index (χ1n) is 14.3. The molecule has 1 aromatic carbocycles. The van der Waals surface area contributed by atoms with Crippen molar-refractivity contribution in [2.45, 2.75) is 77.3 Å². The Morgan fingerprint density at radius 1 is 1.11 bits per heavy atom. The van der Waals surface area contributed by atoms with Crippen molar-refractivity contribution in [1.82, 2.24) is 20.4 Å². The third-order valence-corrected chi connectivity index (χ3v) is 9.99. The summed E-state index contributed by atoms with van der Waals surface area (Å²) in [6, 6.07) is 5.26. The number of carbonyl (C=O) groups is 2. The lowest BCUT2D eigenvalue weighted by atomic mass is 9.76. The van der Waals surface area contributed by atoms with E-state index in [9.17, 15) is 9.59 Å². The summed E-state index contributed by atoms with van der Waals surface area (Å²) in [6.07, 6.45) is 9.24. The van der Waals surface area contributed by atoms with Crippen molar-refractivity contribution in [3.63, 3.8) is 0 Å². The summed E-state index contributed by atoms with van der Waals surface area (Å²) < 4.78 is 0.929. The molecule has 0 aromatic heterocycles. The summed E-state index contributed by atoms with van der Waals surface area (Å²) in [5.41, 5.74) is 0.568. The van der Waals surface area contributed by atoms with Crippen molar-refractivity contribution >= 4 is 46.0 Å². The summed E-state index contributed by atoms with van der Waals surface area (Å²) in [4.78, 5) is 31.2. The van der Waals surface area contributed by atoms with Crippen LogP contribution in [0.1, 0.15) is 75.6 Å². The smallest absolute Gasteiger partial charge is 0.251 e. The average molecular weight is 643 g/mol. The fourth-order valence-electron chi connectivity index (χ4n) is 6.65. The maximum atomic E-state index is 13.8. The molecule has 8 heteroatoms. The maximum absolute atomic E-state index is 13.8. The Labute approximate surface area is 241 Å². The summed E-state index contributed by atoms with van der Waals surface area (Å²) in [5.74, 6) is 2.19. The minimum absolute atomic E-state index is 0.0628. The van der Waals surface area contributed by atoms with Crippen LogP contribution >= 0.6 is 34.2 Å². The van der Waals surface area contributed by atoms with Crippen LogP contribution in [0.25, 0.3) is 0 Å². The van der Waals surface area contributed by atoms with Crippen LogP contribution in [0, 0.1) is 21.3 Å². The molecule has 2 amide bonds. The minimum atomic E-state index is -0.197. The quantitative estimate of drug-likeness (QED) is 0.384. The summed E-state index contributed by atoms with van der Waals surface area (Å²) in [6.45, 7) is 10.1. The van der Waals surface area contributed by atoms with E-state index >= 15 is 0 Å². The van der Waals surface area contributed by atoms with E-state index in [-0.39, 0.29) is 23.9 Å². The van der Waals surface area contributed by atoms with Gasteiger partial charge in [0.2, 0.25) is 5.91 Å². The van der Waals surface area contributed by atoms with Crippen LogP contribution < -0.4 is 10.6 Å². The largest absolute Gasteiger partial charge is 0.350 e. The molecule has 2 aliphatic heterocycles. The molecule has 2 N–H and O–H groups in total. The fraction of sp³-hybridized carbons (Fsp3) is 0.724. The summed E-state index contributed by atoms with van der Waals surface area (Å²) in [5, 5.41) is 7.34. The van der Waals surface area contributed by atoms with E-state index in [2.05, 4.69) is 56.9 Å². The van der Waals surface area contributed by atoms with Gasteiger partial charge in [0.1, 0.15) is 0 Å². The monoisotopic (exact) mass is 642 g/mol. The number of benzene rings is 1. The molecule has 3 aliphatic rings. The first kappa shape index (κ1) is 29.1. The first-order chi connectivity index (χ1) is 17.8. The highest BCUT2D eigenvalue weighted by Crippen LogP contribution is 2.33. The van der Waals surface area contributed by atoms with Crippen LogP contribution in [-0.4, -0.2) is 73.0 Å². The second-order valence-corrected chi connectivity index (χ2v) is 13.4. The predicted octanol–water partition coefficient (Wildman–Crippen LogP) is 5.18. The number of hydrogen-bond acceptors (Lipinski definition) is 4. The Bertz CT molecular complexity index is 915. The molecule has 2 saturated heterocycles. The lowest BCUT2D eigenvalue weighted by Gasteiger charge is -2.35. The molecular formula is C29H44ClIN4O2. The SMILES string of the molecule is CC1CC(C)CC(CN2CC[C@@H](CNC(=O)c3ccc(I)c(Cl)c3)N[C@@H](CCN3CCCCC3)C2=O)C1. The molecule has 1 saturated carbocycles. The molecule has 4 atom stereocenters. The van der Waals surface area contributed by atoms with Gasteiger partial charge in [-0.05, 0) is 117 Å². The van der Waals surface area contributed by atoms with E-state index < -0.39 is 0 Å². The summed E-state index contributed by atoms with van der Waals surface area (Å²) in [7, 11) is 0. The normalized spacial score (nSPS) is 29.7. The van der Waals surface area contributed by atoms with Crippen molar-refractivity contribution in [1.29, 1.82) is 0 Å². The zero-order chi connectivity index (χ0) is 26.4. The summed E-state index contributed by atoms with van der Waals surface area (Å²) >= 11 is 8.39. The van der Waals surface area contributed by atoms with Crippen LogP contribution in [0.5, 0.6) is 0 Å². The third kappa shape index (κ3) is 8.54. The Hall–Kier alpha value is -0.900. The van der Waals surface area contributed by atoms with E-state index in [0.29, 0.717) is 23.0 Å². The van der Waals surface area contributed by atoms with Crippen molar-refractivity contribution in [2.24, 2.45) is 17.8 Å². The lowest BCUT2D eigenvalue weighted by molar-refractivity contribution is -0.134. The minimum Gasteiger partial charge on any atom is -0.350 e. The Kier molecular flexibility index (Phi) is 11.0. The van der Waals surface area contributed by atoms with E-state index in [4.69, 9.17) is 11.6 Å². The number of likely N-dealkylation sites (tertiary alicyclic amines) is 1. The van der Waals surface area contributed by atoms with Crippen LogP contribution in [0.15, 0.2) is 18.2 Å². The molecule has 37 heavy (non-hydrogen) atoms. The molecule has 1 aromatic rings. The van der Waals surface area contributed by atoms with E-state index in [1.807, 2.05) is 12.1 Å². The highest BCUT2D eigenvalue weighted by atomic mass is 127. The molecule has 2 heterocycles. The van der Waals surface area contributed by atoms with Crippen molar-refractivity contribution in [3.05, 3.63) is 32.4 Å². The van der Waals surface area contributed by atoms with Gasteiger partial charge in [-0.1, -0.05) is 31.9 Å². The van der Waals surface area contributed by atoms with E-state index in [0.717, 1.165) is 61.0 Å². The van der Waals surface area contributed by atoms with Crippen molar-refractivity contribution < 1.29 is 9.59 Å². The highest BCUT2D eigenvalue weighted by Gasteiger charge is 2.34. The van der Waals surface area contributed by atoms with Gasteiger partial charge in [0.25, 0.3) is 5.91 Å². The van der Waals surface area contributed by atoms with Gasteiger partial charge in [-0.3, -0.25) is 9.59 Å². The van der Waals surface area contributed by atoms with Gasteiger partial charge in [0, 0.05) is 41.4 Å². The van der Waals surface area contributed by atoms with E-state index in [1.165, 1.54) is 38.5 Å². The van der Waals surface area contributed by atoms with Crippen LogP contribution in [0.2, 0.25) is 5.02 Å². The van der Waals surface area contributed by atoms with Gasteiger partial charge in [0.05, 0.1) is 11.1 Å². The lowest BCUT2D eigenvalue weighted by Crippen LogP contribution is -2.50. The topological polar surface area (TPSA) is 64.7 Å². The van der Waals surface area contributed by atoms with Gasteiger partial charge < -0.3 is 20.4 Å². The molecule has 206 valence electrons. The van der Waals surface area contributed by atoms with Crippen LogP contribution in [0.4, 0.5) is 0 Å². The fourth-order valence-corrected chi connectivity index (χ4v) is 7.17. The molecule has 0 bridgehead atoms. The van der Waals surface area contributed by atoms with Crippen molar-refractivity contribution in [3.8, 4) is 0 Å². The Morgan fingerprint density at radius 3 is 2.54 bits per heavy atom. The van der Waals surface area contributed by atoms with Crippen LogP contribution in [-0.2, 0) is 4.79 Å². The van der Waals surface area contributed by atoms with Gasteiger partial charge in [-0.25, -0.2) is 0 Å². The number of piperidine rings is 1. The van der Waals surface area contributed by atoms with Gasteiger partial charge in [-0.15, -0.1) is 0 Å². The molecule has 3 fully saturated rings. The van der Waals surface area contributed by atoms with Crippen LogP contribution in [0.3, 0.4) is 0 Å². The highest BCUT2D eigenvalue weighted by molar-refractivity contribution is 14.1. The zero-order valence-corrected chi connectivity index (χ0v) is 25.4. The molecule has 1 aliphatic carbocycles. The van der Waals surface area contributed by atoms with Gasteiger partial charge >= 0.3 is 0 Å². The molecule has 0 radical (unpaired) electrons. The Balaban J connectivity index is 1.39. The zero-order valence-electron chi connectivity index (χ0n) is 22.5. The molecule has 6 nitrogen and oxygen atoms in total. The molecule has 0 spiro atoms. The average Bonchev–Trinajstić information content (AvgIpc) is 3.01. The number of rotatable bonds is 8. The number of nitrogens with zero attached hydrogens (tertiary/aromatic N) is 2. The number of halogens is 2. The number of hydrogen-bond donors (Lipinski definition) is 2. The third-order valence-electron chi connectivity index (χ3n) is 8.42. The van der Waals surface area contributed by atoms with Gasteiger partial charge in [0.15, 0.2) is 0 Å². The molecular weight excluding hydrogens is 599 g/mol. The van der Waals surface area contributed by atoms with E-state index in [1.54, 1.807) is 6.07 Å². The molecule has 2 unspecified atom stereocenters. The molecule has 4 rings (SSSR count). The second-order valence-electron chi connectivity index (χ2n) is 11.8. The number of carbonyl (C=O) groups excluding carboxylic acids is 2. The maximum Gasteiger partial charge on any atom is 0.251 e. The van der Waals surface area contributed by atoms with Gasteiger partial charge in [-0.2, -0.15) is 0 Å². The Morgan fingerprint density at radius 2 is 1.84 bits per heavy atom. The van der Waals surface area contributed by atoms with Crippen molar-refractivity contribution in [2.75, 3.05) is 39.3 Å². The number of amides is 2. The predicted molar refractivity (Wildman–Crippen MR) is 159 cm³/mol. The number of nitrogens with one attached hydrogen (secondary N) is 2. The second kappa shape index (κ2) is 13.9. The standard InChI is InChI=1S/C29H44ClIN4O2/c1-20-14-21(2)16-22(15-20)19-35-13-8-24(18-32-28(36)23-6-7-26(31)25(30)17-23)33-27(29(35)37)9-12-34-10-4-3-5-11-34/h6-7,17,20-22,24,27,33H,3-5,8-16,18-19H2,1-2H3,(H,32,36)/t20?,21?,22?,24-,27-/m0/s1.